The summed E-state index contributed by atoms with van der Waals surface area (Å²) in [6.45, 7) is 22.6. The zero-order chi connectivity index (χ0) is 41.6. The van der Waals surface area contributed by atoms with Gasteiger partial charge in [-0.15, -0.1) is 93.9 Å². The normalized spacial score (nSPS) is 15.9. The van der Waals surface area contributed by atoms with E-state index in [9.17, 15) is 0 Å². The molecule has 0 heterocycles. The van der Waals surface area contributed by atoms with Crippen molar-refractivity contribution in [2.45, 2.75) is 143 Å². The first-order valence-electron chi connectivity index (χ1n) is 22.5. The van der Waals surface area contributed by atoms with Gasteiger partial charge in [0.05, 0.1) is 16.1 Å². The van der Waals surface area contributed by atoms with Gasteiger partial charge in [-0.3, -0.25) is 0 Å². The summed E-state index contributed by atoms with van der Waals surface area (Å²) in [7, 11) is -2.49. The van der Waals surface area contributed by atoms with E-state index < -0.39 is 16.1 Å². The third-order valence-electron chi connectivity index (χ3n) is 13.6. The molecule has 0 N–H and O–H groups in total. The van der Waals surface area contributed by atoms with Crippen LogP contribution in [0.25, 0.3) is 43.8 Å². The molecule has 2 fully saturated rings. The van der Waals surface area contributed by atoms with Gasteiger partial charge in [0.1, 0.15) is 0 Å². The van der Waals surface area contributed by atoms with E-state index in [4.69, 9.17) is 0 Å². The quantitative estimate of drug-likeness (QED) is 0.0810. The number of halogens is 2. The molecule has 8 rings (SSSR count). The van der Waals surface area contributed by atoms with Crippen LogP contribution in [0.5, 0.6) is 0 Å². The van der Waals surface area contributed by atoms with Crippen molar-refractivity contribution in [1.82, 2.24) is 0 Å². The Morgan fingerprint density at radius 2 is 0.790 bits per heavy atom. The second-order valence-electron chi connectivity index (χ2n) is 20.8. The Balaban J connectivity index is 0.000000386. The predicted octanol–water partition coefficient (Wildman–Crippen LogP) is 16.7. The van der Waals surface area contributed by atoms with Crippen LogP contribution in [-0.2, 0) is 36.2 Å². The summed E-state index contributed by atoms with van der Waals surface area (Å²) in [5, 5.41) is 8.73. The Morgan fingerprint density at radius 3 is 1.08 bits per heavy atom. The maximum atomic E-state index is 3.06. The van der Waals surface area contributed by atoms with Crippen LogP contribution in [-0.4, -0.2) is 23.0 Å². The van der Waals surface area contributed by atoms with Crippen molar-refractivity contribution in [1.29, 1.82) is 0 Å². The molecule has 0 atom stereocenters. The molecule has 0 spiro atoms. The fourth-order valence-electron chi connectivity index (χ4n) is 10.1. The van der Waals surface area contributed by atoms with Crippen LogP contribution in [0.4, 0.5) is 0 Å². The molecule has 0 nitrogen and oxygen atoms in total. The Hall–Kier alpha value is -1.79. The zero-order valence-corrected chi connectivity index (χ0v) is 47.2. The van der Waals surface area contributed by atoms with Crippen LogP contribution in [0.3, 0.4) is 0 Å². The van der Waals surface area contributed by atoms with Crippen molar-refractivity contribution in [3.8, 4) is 22.3 Å². The van der Waals surface area contributed by atoms with Crippen LogP contribution in [0, 0.1) is 25.7 Å². The average molecular weight is 998 g/mol. The minimum atomic E-state index is -1.24. The minimum absolute atomic E-state index is 0. The van der Waals surface area contributed by atoms with Crippen molar-refractivity contribution in [3.63, 3.8) is 0 Å². The third-order valence-corrected chi connectivity index (χ3v) is 17.8. The van der Waals surface area contributed by atoms with E-state index >= 15 is 0 Å². The molecule has 6 heteroatoms. The molecule has 6 aromatic rings. The van der Waals surface area contributed by atoms with Gasteiger partial charge in [-0.05, 0) is 60.5 Å². The number of rotatable bonds is 8. The first-order chi connectivity index (χ1) is 27.7. The Labute approximate surface area is 411 Å². The van der Waals surface area contributed by atoms with Crippen LogP contribution in [0.2, 0.25) is 39.3 Å². The van der Waals surface area contributed by atoms with E-state index in [2.05, 4.69) is 169 Å². The number of fused-ring (bicyclic) bond motifs is 2. The predicted molar refractivity (Wildman–Crippen MR) is 288 cm³/mol. The van der Waals surface area contributed by atoms with Gasteiger partial charge in [0.25, 0.3) is 0 Å². The Morgan fingerprint density at radius 1 is 0.484 bits per heavy atom. The summed E-state index contributed by atoms with van der Waals surface area (Å²) in [5.74, 6) is 0. The summed E-state index contributed by atoms with van der Waals surface area (Å²) in [5.41, 5.74) is 9.51. The number of benzene rings is 4. The van der Waals surface area contributed by atoms with Gasteiger partial charge in [-0.1, -0.05) is 187 Å². The van der Waals surface area contributed by atoms with Crippen molar-refractivity contribution < 1.29 is 23.3 Å². The first-order valence-corrected chi connectivity index (χ1v) is 33.7. The molecular formula is C56H78Cl2Si3Zr-4. The molecule has 0 amide bonds. The van der Waals surface area contributed by atoms with Crippen molar-refractivity contribution >= 4 is 79.8 Å². The van der Waals surface area contributed by atoms with E-state index in [1.54, 1.807) is 0 Å². The van der Waals surface area contributed by atoms with Crippen LogP contribution in [0.1, 0.15) is 102 Å². The molecule has 336 valence electrons. The molecule has 62 heavy (non-hydrogen) atoms. The van der Waals surface area contributed by atoms with Gasteiger partial charge in [-0.2, -0.15) is 12.1 Å². The molecule has 2 saturated carbocycles. The summed E-state index contributed by atoms with van der Waals surface area (Å²) in [6, 6.07) is 42.2. The first kappa shape index (κ1) is 56.3. The summed E-state index contributed by atoms with van der Waals surface area (Å²) >= 11 is 1.36. The molecule has 0 saturated heterocycles. The van der Waals surface area contributed by atoms with Gasteiger partial charge in [0.15, 0.2) is 0 Å². The maximum absolute atomic E-state index is 3.06. The fraction of sp³-hybridized carbons (Fsp3) is 0.429. The molecule has 0 aromatic heterocycles. The van der Waals surface area contributed by atoms with Crippen LogP contribution >= 0.6 is 24.8 Å². The molecular weight excluding hydrogens is 919 g/mol. The molecule has 2 aliphatic rings. The second kappa shape index (κ2) is 24.7. The summed E-state index contributed by atoms with van der Waals surface area (Å²) in [4.78, 5) is 0. The number of hydrogen-bond donors (Lipinski definition) is 0. The van der Waals surface area contributed by atoms with Crippen molar-refractivity contribution in [3.05, 3.63) is 135 Å². The van der Waals surface area contributed by atoms with Crippen molar-refractivity contribution in [2.24, 2.45) is 10.8 Å². The van der Waals surface area contributed by atoms with E-state index in [0.29, 0.717) is 10.8 Å². The summed E-state index contributed by atoms with van der Waals surface area (Å²) in [6.07, 6.45) is 19.4. The van der Waals surface area contributed by atoms with Gasteiger partial charge >= 0.3 is 30.2 Å². The van der Waals surface area contributed by atoms with Gasteiger partial charge in [-0.25, -0.2) is 0 Å². The van der Waals surface area contributed by atoms with Gasteiger partial charge in [0, 0.05) is 0 Å². The standard InChI is InChI=1S/2C27H35Si.2CH3.2ClH.Si.Zr/c2*1-27(16-7-5-6-8-17-27)20-21-18-23-10-9-11-25(26(23)19-21)22-12-14-24(15-13-22)28(2,3)4;;;;;;/h2*9-15,18-19H,5-8,16-17,20H2,1-4H3;2*1H3;2*1H;;/q4*-1;;;;. The topological polar surface area (TPSA) is 0 Å². The molecule has 2 radical (unpaired) electrons. The van der Waals surface area contributed by atoms with E-state index in [-0.39, 0.29) is 39.7 Å². The molecule has 6 aromatic carbocycles. The Kier molecular flexibility index (Phi) is 22.4. The Bertz CT molecular complexity index is 2060. The molecule has 0 bridgehead atoms. The molecule has 0 unspecified atom stereocenters. The van der Waals surface area contributed by atoms with Gasteiger partial charge in [0.2, 0.25) is 0 Å². The fourth-order valence-corrected chi connectivity index (χ4v) is 12.4. The average Bonchev–Trinajstić information content (AvgIpc) is 3.65. The SMILES string of the molecule is CC1(Cc2cc3c(-c4ccc([Si](C)(C)C)cc4)cccc3[cH-]2)CCCCCC1.CC1(Cc2cc3c(-c4ccc([Si](C)(C)C)cc4)cccc3[cH-]2)CCCCCC1.Cl.Cl.[CH3-].[CH3-].[Si]=[Zr]. The molecule has 0 aliphatic heterocycles. The number of hydrogen-bond acceptors (Lipinski definition) is 0. The molecule has 2 aliphatic carbocycles. The zero-order valence-electron chi connectivity index (χ0n) is 40.1. The summed E-state index contributed by atoms with van der Waals surface area (Å²) < 4.78 is 0. The third kappa shape index (κ3) is 14.6. The van der Waals surface area contributed by atoms with E-state index in [1.165, 1.54) is 179 Å². The monoisotopic (exact) mass is 994 g/mol. The van der Waals surface area contributed by atoms with Crippen LogP contribution in [0.15, 0.2) is 109 Å². The van der Waals surface area contributed by atoms with Crippen molar-refractivity contribution in [2.75, 3.05) is 0 Å². The van der Waals surface area contributed by atoms with Crippen LogP contribution < -0.4 is 10.4 Å². The van der Waals surface area contributed by atoms with E-state index in [0.717, 1.165) is 0 Å². The second-order valence-corrected chi connectivity index (χ2v) is 31.0. The van der Waals surface area contributed by atoms with E-state index in [1.807, 2.05) is 0 Å². The van der Waals surface area contributed by atoms with Gasteiger partial charge < -0.3 is 14.9 Å².